The highest BCUT2D eigenvalue weighted by Gasteiger charge is 2.23. The summed E-state index contributed by atoms with van der Waals surface area (Å²) in [5, 5.41) is 3.28. The predicted molar refractivity (Wildman–Crippen MR) is 64.6 cm³/mol. The maximum absolute atomic E-state index is 3.28. The second kappa shape index (κ2) is 6.41. The molecule has 0 aliphatic carbocycles. The first-order valence-corrected chi connectivity index (χ1v) is 5.78. The zero-order valence-corrected chi connectivity index (χ0v) is 11.0. The molecule has 0 heterocycles. The van der Waals surface area contributed by atoms with E-state index in [1.54, 1.807) is 0 Å². The largest absolute Gasteiger partial charge is 0.318 e. The van der Waals surface area contributed by atoms with Gasteiger partial charge in [-0.1, -0.05) is 27.7 Å². The maximum Gasteiger partial charge on any atom is 0.0243 e. The summed E-state index contributed by atoms with van der Waals surface area (Å²) in [6, 6.07) is 1.29. The van der Waals surface area contributed by atoms with Crippen LogP contribution in [0.1, 0.15) is 34.6 Å². The summed E-state index contributed by atoms with van der Waals surface area (Å²) in [4.78, 5) is 2.51. The lowest BCUT2D eigenvalue weighted by atomic mass is 9.97. The summed E-state index contributed by atoms with van der Waals surface area (Å²) in [7, 11) is 4.27. The molecule has 0 spiro atoms. The Morgan fingerprint density at radius 3 is 1.79 bits per heavy atom. The Labute approximate surface area is 90.1 Å². The molecule has 0 aromatic rings. The van der Waals surface area contributed by atoms with Gasteiger partial charge < -0.3 is 5.32 Å². The van der Waals surface area contributed by atoms with E-state index >= 15 is 0 Å². The van der Waals surface area contributed by atoms with Crippen molar-refractivity contribution in [1.29, 1.82) is 0 Å². The molecule has 0 saturated carbocycles. The number of likely N-dealkylation sites (N-methyl/N-ethyl adjacent to an activating group) is 2. The predicted octanol–water partition coefficient (Wildman–Crippen LogP) is 2.21. The van der Waals surface area contributed by atoms with Crippen molar-refractivity contribution in [3.05, 3.63) is 0 Å². The number of hydrogen-bond donors (Lipinski definition) is 1. The minimum absolute atomic E-state index is 0.636. The van der Waals surface area contributed by atoms with Crippen LogP contribution in [0.15, 0.2) is 0 Å². The molecule has 0 amide bonds. The molecule has 1 N–H and O–H groups in total. The fourth-order valence-electron chi connectivity index (χ4n) is 1.83. The second-order valence-corrected chi connectivity index (χ2v) is 5.02. The molecule has 0 fully saturated rings. The van der Waals surface area contributed by atoms with Crippen LogP contribution in [-0.4, -0.2) is 37.6 Å². The van der Waals surface area contributed by atoms with Crippen molar-refractivity contribution < 1.29 is 0 Å². The van der Waals surface area contributed by atoms with Gasteiger partial charge >= 0.3 is 0 Å². The standard InChI is InChI=1S/C12H28N2/c1-9(2)11(5)14(7)12(8-13-6)10(3)4/h9-13H,8H2,1-7H3. The van der Waals surface area contributed by atoms with Gasteiger partial charge in [0.2, 0.25) is 0 Å². The van der Waals surface area contributed by atoms with Gasteiger partial charge in [0.1, 0.15) is 0 Å². The van der Waals surface area contributed by atoms with Gasteiger partial charge in [-0.3, -0.25) is 4.90 Å². The fourth-order valence-corrected chi connectivity index (χ4v) is 1.83. The lowest BCUT2D eigenvalue weighted by Crippen LogP contribution is -2.48. The normalized spacial score (nSPS) is 16.7. The van der Waals surface area contributed by atoms with E-state index in [2.05, 4.69) is 51.9 Å². The highest BCUT2D eigenvalue weighted by atomic mass is 15.2. The SMILES string of the molecule is CNCC(C(C)C)N(C)C(C)C(C)C. The van der Waals surface area contributed by atoms with Gasteiger partial charge in [0.15, 0.2) is 0 Å². The van der Waals surface area contributed by atoms with Crippen LogP contribution in [0.4, 0.5) is 0 Å². The van der Waals surface area contributed by atoms with Crippen molar-refractivity contribution in [1.82, 2.24) is 10.2 Å². The monoisotopic (exact) mass is 200 g/mol. The van der Waals surface area contributed by atoms with Crippen molar-refractivity contribution in [2.24, 2.45) is 11.8 Å². The quantitative estimate of drug-likeness (QED) is 0.707. The minimum Gasteiger partial charge on any atom is -0.318 e. The zero-order chi connectivity index (χ0) is 11.3. The fraction of sp³-hybridized carbons (Fsp3) is 1.00. The van der Waals surface area contributed by atoms with E-state index in [9.17, 15) is 0 Å². The molecular weight excluding hydrogens is 172 g/mol. The van der Waals surface area contributed by atoms with Crippen LogP contribution >= 0.6 is 0 Å². The second-order valence-electron chi connectivity index (χ2n) is 5.02. The molecule has 0 aromatic heterocycles. The molecule has 2 atom stereocenters. The topological polar surface area (TPSA) is 15.3 Å². The maximum atomic E-state index is 3.28. The van der Waals surface area contributed by atoms with Crippen LogP contribution in [0, 0.1) is 11.8 Å². The Kier molecular flexibility index (Phi) is 6.38. The molecule has 0 bridgehead atoms. The Morgan fingerprint density at radius 1 is 1.00 bits per heavy atom. The van der Waals surface area contributed by atoms with Crippen LogP contribution in [0.3, 0.4) is 0 Å². The molecule has 86 valence electrons. The molecule has 2 heteroatoms. The summed E-state index contributed by atoms with van der Waals surface area (Å²) in [6.07, 6.45) is 0. The minimum atomic E-state index is 0.636. The summed E-state index contributed by atoms with van der Waals surface area (Å²) in [6.45, 7) is 12.6. The van der Waals surface area contributed by atoms with Gasteiger partial charge in [-0.2, -0.15) is 0 Å². The zero-order valence-electron chi connectivity index (χ0n) is 11.0. The molecule has 0 aliphatic rings. The van der Waals surface area contributed by atoms with Crippen molar-refractivity contribution >= 4 is 0 Å². The van der Waals surface area contributed by atoms with Gasteiger partial charge in [-0.05, 0) is 32.9 Å². The van der Waals surface area contributed by atoms with Crippen molar-refractivity contribution in [2.45, 2.75) is 46.7 Å². The van der Waals surface area contributed by atoms with E-state index in [1.165, 1.54) is 0 Å². The van der Waals surface area contributed by atoms with Crippen LogP contribution in [0.2, 0.25) is 0 Å². The number of rotatable bonds is 6. The molecule has 2 unspecified atom stereocenters. The van der Waals surface area contributed by atoms with Crippen LogP contribution in [0.25, 0.3) is 0 Å². The Balaban J connectivity index is 4.34. The number of nitrogens with one attached hydrogen (secondary N) is 1. The molecule has 0 radical (unpaired) electrons. The smallest absolute Gasteiger partial charge is 0.0243 e. The van der Waals surface area contributed by atoms with Crippen LogP contribution < -0.4 is 5.32 Å². The van der Waals surface area contributed by atoms with E-state index in [-0.39, 0.29) is 0 Å². The van der Waals surface area contributed by atoms with Gasteiger partial charge in [-0.25, -0.2) is 0 Å². The van der Waals surface area contributed by atoms with Crippen molar-refractivity contribution in [3.63, 3.8) is 0 Å². The van der Waals surface area contributed by atoms with Crippen molar-refractivity contribution in [2.75, 3.05) is 20.6 Å². The average Bonchev–Trinajstić information content (AvgIpc) is 2.11. The van der Waals surface area contributed by atoms with E-state index < -0.39 is 0 Å². The van der Waals surface area contributed by atoms with E-state index in [0.29, 0.717) is 18.0 Å². The highest BCUT2D eigenvalue weighted by Crippen LogP contribution is 2.16. The van der Waals surface area contributed by atoms with Crippen LogP contribution in [0.5, 0.6) is 0 Å². The van der Waals surface area contributed by atoms with Gasteiger partial charge in [0.05, 0.1) is 0 Å². The average molecular weight is 200 g/mol. The van der Waals surface area contributed by atoms with Gasteiger partial charge in [0, 0.05) is 18.6 Å². The highest BCUT2D eigenvalue weighted by molar-refractivity contribution is 4.79. The lowest BCUT2D eigenvalue weighted by Gasteiger charge is -2.37. The van der Waals surface area contributed by atoms with E-state index in [4.69, 9.17) is 0 Å². The summed E-state index contributed by atoms with van der Waals surface area (Å²) in [5.41, 5.74) is 0. The number of hydrogen-bond acceptors (Lipinski definition) is 2. The third kappa shape index (κ3) is 3.97. The number of nitrogens with zero attached hydrogens (tertiary/aromatic N) is 1. The van der Waals surface area contributed by atoms with E-state index in [1.807, 2.05) is 7.05 Å². The Morgan fingerprint density at radius 2 is 1.50 bits per heavy atom. The molecule has 0 aromatic carbocycles. The van der Waals surface area contributed by atoms with E-state index in [0.717, 1.165) is 12.5 Å². The van der Waals surface area contributed by atoms with Crippen molar-refractivity contribution in [3.8, 4) is 0 Å². The molecular formula is C12H28N2. The molecule has 14 heavy (non-hydrogen) atoms. The molecule has 0 aliphatic heterocycles. The van der Waals surface area contributed by atoms with Crippen LogP contribution in [-0.2, 0) is 0 Å². The first kappa shape index (κ1) is 13.9. The Hall–Kier alpha value is -0.0800. The third-order valence-electron chi connectivity index (χ3n) is 3.31. The Bertz CT molecular complexity index is 143. The summed E-state index contributed by atoms with van der Waals surface area (Å²) in [5.74, 6) is 1.42. The summed E-state index contributed by atoms with van der Waals surface area (Å²) >= 11 is 0. The summed E-state index contributed by atoms with van der Waals surface area (Å²) < 4.78 is 0. The molecule has 0 saturated heterocycles. The molecule has 2 nitrogen and oxygen atoms in total. The molecule has 0 rings (SSSR count). The third-order valence-corrected chi connectivity index (χ3v) is 3.31. The lowest BCUT2D eigenvalue weighted by molar-refractivity contribution is 0.116. The first-order valence-electron chi connectivity index (χ1n) is 5.78. The van der Waals surface area contributed by atoms with Gasteiger partial charge in [-0.15, -0.1) is 0 Å². The first-order chi connectivity index (χ1) is 6.41. The van der Waals surface area contributed by atoms with Gasteiger partial charge in [0.25, 0.3) is 0 Å².